The van der Waals surface area contributed by atoms with Crippen molar-refractivity contribution in [2.75, 3.05) is 37.4 Å². The van der Waals surface area contributed by atoms with Gasteiger partial charge in [-0.3, -0.25) is 9.10 Å². The van der Waals surface area contributed by atoms with Crippen LogP contribution in [0.3, 0.4) is 0 Å². The van der Waals surface area contributed by atoms with E-state index in [2.05, 4.69) is 21.2 Å². The highest BCUT2D eigenvalue weighted by atomic mass is 79.9. The zero-order chi connectivity index (χ0) is 21.3. The minimum Gasteiger partial charge on any atom is -0.497 e. The molecule has 29 heavy (non-hydrogen) atoms. The third-order valence-electron chi connectivity index (χ3n) is 4.04. The number of amides is 1. The lowest BCUT2D eigenvalue weighted by atomic mass is 10.2. The summed E-state index contributed by atoms with van der Waals surface area (Å²) in [5.74, 6) is 1.29. The summed E-state index contributed by atoms with van der Waals surface area (Å²) in [7, 11) is -1.86. The average Bonchev–Trinajstić information content (AvgIpc) is 2.69. The molecule has 0 aliphatic carbocycles. The molecule has 0 radical (unpaired) electrons. The molecule has 0 aliphatic rings. The van der Waals surface area contributed by atoms with Gasteiger partial charge in [0.2, 0.25) is 15.9 Å². The van der Waals surface area contributed by atoms with Crippen LogP contribution in [0.25, 0.3) is 0 Å². The Morgan fingerprint density at radius 3 is 2.38 bits per heavy atom. The third-order valence-corrected chi connectivity index (χ3v) is 5.89. The molecule has 0 saturated heterocycles. The molecule has 0 heterocycles. The number of methoxy groups -OCH3 is 1. The van der Waals surface area contributed by atoms with Gasteiger partial charge in [0.15, 0.2) is 0 Å². The largest absolute Gasteiger partial charge is 0.497 e. The quantitative estimate of drug-likeness (QED) is 0.495. The van der Waals surface area contributed by atoms with E-state index in [-0.39, 0.29) is 18.9 Å². The maximum Gasteiger partial charge on any atom is 0.232 e. The highest BCUT2D eigenvalue weighted by molar-refractivity contribution is 9.10. The Bertz CT molecular complexity index is 903. The second-order valence-electron chi connectivity index (χ2n) is 6.26. The van der Waals surface area contributed by atoms with Gasteiger partial charge >= 0.3 is 0 Å². The minimum atomic E-state index is -3.45. The van der Waals surface area contributed by atoms with Gasteiger partial charge in [-0.25, -0.2) is 8.42 Å². The Kier molecular flexibility index (Phi) is 8.78. The first-order valence-electron chi connectivity index (χ1n) is 9.07. The first-order chi connectivity index (χ1) is 13.8. The molecule has 0 bridgehead atoms. The Labute approximate surface area is 180 Å². The van der Waals surface area contributed by atoms with Crippen LogP contribution in [0.5, 0.6) is 11.5 Å². The molecule has 2 aromatic carbocycles. The Morgan fingerprint density at radius 2 is 1.76 bits per heavy atom. The van der Waals surface area contributed by atoms with Crippen molar-refractivity contribution in [1.82, 2.24) is 5.32 Å². The normalized spacial score (nSPS) is 11.0. The van der Waals surface area contributed by atoms with Gasteiger partial charge in [0.25, 0.3) is 0 Å². The summed E-state index contributed by atoms with van der Waals surface area (Å²) in [6.07, 6.45) is 1.78. The van der Waals surface area contributed by atoms with E-state index >= 15 is 0 Å². The summed E-state index contributed by atoms with van der Waals surface area (Å²) < 4.78 is 36.9. The fourth-order valence-corrected chi connectivity index (χ4v) is 4.22. The van der Waals surface area contributed by atoms with Crippen LogP contribution in [-0.4, -0.2) is 47.4 Å². The molecule has 0 atom stereocenters. The molecule has 158 valence electrons. The van der Waals surface area contributed by atoms with Crippen molar-refractivity contribution < 1.29 is 22.7 Å². The van der Waals surface area contributed by atoms with E-state index in [1.807, 2.05) is 6.07 Å². The first kappa shape index (κ1) is 23.0. The number of carbonyl (C=O) groups is 1. The number of nitrogens with zero attached hydrogens (tertiary/aromatic N) is 1. The highest BCUT2D eigenvalue weighted by Gasteiger charge is 2.19. The molecule has 1 amide bonds. The highest BCUT2D eigenvalue weighted by Crippen LogP contribution is 2.27. The number of sulfonamides is 1. The number of carbonyl (C=O) groups excluding carboxylic acids is 1. The summed E-state index contributed by atoms with van der Waals surface area (Å²) >= 11 is 3.37. The number of nitrogens with one attached hydrogen (secondary N) is 1. The fraction of sp³-hybridized carbons (Fsp3) is 0.350. The van der Waals surface area contributed by atoms with Crippen LogP contribution >= 0.6 is 15.9 Å². The summed E-state index contributed by atoms with van der Waals surface area (Å²) in [6.45, 7) is 0.923. The minimum absolute atomic E-state index is 0.149. The topological polar surface area (TPSA) is 84.9 Å². The van der Waals surface area contributed by atoms with Crippen LogP contribution < -0.4 is 19.1 Å². The van der Waals surface area contributed by atoms with Crippen molar-refractivity contribution in [2.45, 2.75) is 12.8 Å². The van der Waals surface area contributed by atoms with E-state index in [0.29, 0.717) is 35.5 Å². The maximum atomic E-state index is 12.1. The number of hydrogen-bond acceptors (Lipinski definition) is 5. The lowest BCUT2D eigenvalue weighted by Crippen LogP contribution is -2.33. The van der Waals surface area contributed by atoms with Gasteiger partial charge in [-0.2, -0.15) is 0 Å². The van der Waals surface area contributed by atoms with Crippen LogP contribution in [0.1, 0.15) is 12.8 Å². The molecule has 2 rings (SSSR count). The number of hydrogen-bond donors (Lipinski definition) is 1. The van der Waals surface area contributed by atoms with E-state index in [9.17, 15) is 13.2 Å². The molecule has 2 aromatic rings. The Hall–Kier alpha value is -2.26. The van der Waals surface area contributed by atoms with Gasteiger partial charge in [0, 0.05) is 17.4 Å². The monoisotopic (exact) mass is 484 g/mol. The number of halogens is 1. The van der Waals surface area contributed by atoms with Gasteiger partial charge in [0.1, 0.15) is 18.1 Å². The number of benzene rings is 2. The molecule has 0 aliphatic heterocycles. The predicted octanol–water partition coefficient (Wildman–Crippen LogP) is 3.20. The molecule has 0 unspecified atom stereocenters. The molecule has 0 aromatic heterocycles. The maximum absolute atomic E-state index is 12.1. The Morgan fingerprint density at radius 1 is 1.10 bits per heavy atom. The van der Waals surface area contributed by atoms with Crippen molar-refractivity contribution in [3.63, 3.8) is 0 Å². The van der Waals surface area contributed by atoms with Gasteiger partial charge in [-0.05, 0) is 58.7 Å². The van der Waals surface area contributed by atoms with Gasteiger partial charge in [0.05, 0.1) is 25.6 Å². The zero-order valence-corrected chi connectivity index (χ0v) is 18.8. The van der Waals surface area contributed by atoms with Crippen LogP contribution in [-0.2, 0) is 14.8 Å². The van der Waals surface area contributed by atoms with Crippen molar-refractivity contribution in [1.29, 1.82) is 0 Å². The molecule has 9 heteroatoms. The predicted molar refractivity (Wildman–Crippen MR) is 117 cm³/mol. The fourth-order valence-electron chi connectivity index (χ4n) is 2.62. The van der Waals surface area contributed by atoms with Crippen LogP contribution in [0, 0.1) is 0 Å². The zero-order valence-electron chi connectivity index (χ0n) is 16.4. The van der Waals surface area contributed by atoms with E-state index < -0.39 is 10.0 Å². The lowest BCUT2D eigenvalue weighted by molar-refractivity contribution is -0.121. The van der Waals surface area contributed by atoms with Crippen LogP contribution in [0.15, 0.2) is 53.0 Å². The number of rotatable bonds is 11. The van der Waals surface area contributed by atoms with Crippen molar-refractivity contribution >= 4 is 37.5 Å². The average molecular weight is 485 g/mol. The molecule has 0 saturated carbocycles. The standard InChI is InChI=1S/C20H25BrN2O5S/c1-27-16-9-11-17(12-10-16)28-15-13-22-20(24)8-5-14-23(29(2,25)26)19-7-4-3-6-18(19)21/h3-4,6-7,9-12H,5,8,13-15H2,1-2H3,(H,22,24). The van der Waals surface area contributed by atoms with E-state index in [4.69, 9.17) is 9.47 Å². The number of para-hydroxylation sites is 1. The molecule has 7 nitrogen and oxygen atoms in total. The summed E-state index contributed by atoms with van der Waals surface area (Å²) in [5, 5.41) is 2.77. The molecule has 0 fully saturated rings. The number of ether oxygens (including phenoxy) is 2. The van der Waals surface area contributed by atoms with Crippen molar-refractivity contribution in [2.24, 2.45) is 0 Å². The molecular weight excluding hydrogens is 460 g/mol. The molecule has 0 spiro atoms. The summed E-state index contributed by atoms with van der Waals surface area (Å²) in [6, 6.07) is 14.3. The van der Waals surface area contributed by atoms with Crippen molar-refractivity contribution in [3.05, 3.63) is 53.0 Å². The number of anilines is 1. The lowest BCUT2D eigenvalue weighted by Gasteiger charge is -2.23. The van der Waals surface area contributed by atoms with Crippen LogP contribution in [0.2, 0.25) is 0 Å². The molecular formula is C20H25BrN2O5S. The first-order valence-corrected chi connectivity index (χ1v) is 11.7. The smallest absolute Gasteiger partial charge is 0.232 e. The van der Waals surface area contributed by atoms with Crippen LogP contribution in [0.4, 0.5) is 5.69 Å². The second kappa shape index (κ2) is 11.1. The van der Waals surface area contributed by atoms with E-state index in [1.165, 1.54) is 4.31 Å². The Balaban J connectivity index is 1.74. The van der Waals surface area contributed by atoms with Gasteiger partial charge < -0.3 is 14.8 Å². The SMILES string of the molecule is COc1ccc(OCCNC(=O)CCCN(c2ccccc2Br)S(C)(=O)=O)cc1. The van der Waals surface area contributed by atoms with Gasteiger partial charge in [-0.15, -0.1) is 0 Å². The second-order valence-corrected chi connectivity index (χ2v) is 9.03. The summed E-state index contributed by atoms with van der Waals surface area (Å²) in [4.78, 5) is 12.0. The van der Waals surface area contributed by atoms with E-state index in [1.54, 1.807) is 49.6 Å². The third kappa shape index (κ3) is 7.58. The molecule has 1 N–H and O–H groups in total. The van der Waals surface area contributed by atoms with Crippen molar-refractivity contribution in [3.8, 4) is 11.5 Å². The van der Waals surface area contributed by atoms with E-state index in [0.717, 1.165) is 12.0 Å². The van der Waals surface area contributed by atoms with Gasteiger partial charge in [-0.1, -0.05) is 12.1 Å². The summed E-state index contributed by atoms with van der Waals surface area (Å²) in [5.41, 5.74) is 0.559.